The van der Waals surface area contributed by atoms with E-state index in [0.717, 1.165) is 0 Å². The van der Waals surface area contributed by atoms with Crippen LogP contribution in [0, 0.1) is 0 Å². The van der Waals surface area contributed by atoms with Gasteiger partial charge in [0.15, 0.2) is 0 Å². The monoisotopic (exact) mass is 170 g/mol. The van der Waals surface area contributed by atoms with Crippen LogP contribution in [0.5, 0.6) is 0 Å². The van der Waals surface area contributed by atoms with Gasteiger partial charge in [-0.1, -0.05) is 0 Å². The zero-order chi connectivity index (χ0) is 7.98. The van der Waals surface area contributed by atoms with Crippen molar-refractivity contribution in [3.05, 3.63) is 0 Å². The largest absolute Gasteiger partial charge is 1.00 e. The molecule has 0 bridgehead atoms. The molecule has 0 saturated carbocycles. The van der Waals surface area contributed by atoms with Gasteiger partial charge >= 0.3 is 68.5 Å². The van der Waals surface area contributed by atoms with E-state index >= 15 is 0 Å². The Morgan fingerprint density at radius 3 is 1.23 bits per heavy atom. The van der Waals surface area contributed by atoms with Gasteiger partial charge in [-0.3, -0.25) is 9.59 Å². The number of rotatable bonds is 5. The summed E-state index contributed by atoms with van der Waals surface area (Å²) >= 11 is 0. The molecule has 0 unspecified atom stereocenters. The molecule has 4 nitrogen and oxygen atoms in total. The van der Waals surface area contributed by atoms with Crippen LogP contribution in [0.4, 0.5) is 0 Å². The molecule has 0 aliphatic carbocycles. The fourth-order valence-corrected chi connectivity index (χ4v) is 0.552. The molecule has 64 valence electrons. The minimum atomic E-state index is -0.870. The number of unbranched alkanes of at least 4 members (excludes halogenated alkanes) is 1. The Kier molecular flexibility index (Phi) is 27.5. The second-order valence-corrected chi connectivity index (χ2v) is 1.99. The molecule has 0 aromatic rings. The SMILES string of the molecule is O=C(O)CCCCC(=O)O.[H-].[H-].[H-].[Li+].[Li+].[Li+]. The standard InChI is InChI=1S/C6H10O4.3Li.3H/c7-5(8)3-1-2-4-6(9)10;;;;;;/h1-4H2,(H,7,8)(H,9,10);;;;;;/q;3*+1;3*-1. The molecule has 0 rings (SSSR count). The maximum absolute atomic E-state index is 9.90. The molecule has 0 amide bonds. The molecule has 0 aliphatic rings. The van der Waals surface area contributed by atoms with E-state index in [-0.39, 0.29) is 73.7 Å². The third-order valence-electron chi connectivity index (χ3n) is 1.03. The third-order valence-corrected chi connectivity index (χ3v) is 1.03. The molecule has 7 heteroatoms. The Labute approximate surface area is 118 Å². The van der Waals surface area contributed by atoms with Gasteiger partial charge in [-0.05, 0) is 12.8 Å². The first-order valence-electron chi connectivity index (χ1n) is 3.06. The summed E-state index contributed by atoms with van der Waals surface area (Å²) in [5, 5.41) is 16.3. The summed E-state index contributed by atoms with van der Waals surface area (Å²) in [6.07, 6.45) is 1.02. The van der Waals surface area contributed by atoms with Gasteiger partial charge in [-0.25, -0.2) is 0 Å². The van der Waals surface area contributed by atoms with E-state index in [9.17, 15) is 9.59 Å². The van der Waals surface area contributed by atoms with Crippen LogP contribution in [0.2, 0.25) is 0 Å². The maximum Gasteiger partial charge on any atom is 1.00 e. The first-order valence-corrected chi connectivity index (χ1v) is 3.06. The Hall–Kier alpha value is 0.732. The van der Waals surface area contributed by atoms with E-state index in [1.165, 1.54) is 0 Å². The van der Waals surface area contributed by atoms with Crippen molar-refractivity contribution in [2.45, 2.75) is 25.7 Å². The van der Waals surface area contributed by atoms with E-state index in [1.807, 2.05) is 0 Å². The van der Waals surface area contributed by atoms with Crippen LogP contribution in [0.15, 0.2) is 0 Å². The topological polar surface area (TPSA) is 74.6 Å². The first kappa shape index (κ1) is 23.5. The van der Waals surface area contributed by atoms with Crippen LogP contribution < -0.4 is 56.6 Å². The van der Waals surface area contributed by atoms with Gasteiger partial charge in [0.1, 0.15) is 0 Å². The molecule has 0 aliphatic heterocycles. The molecule has 13 heavy (non-hydrogen) atoms. The van der Waals surface area contributed by atoms with Crippen molar-refractivity contribution >= 4 is 11.9 Å². The number of hydrogen-bond donors (Lipinski definition) is 2. The summed E-state index contributed by atoms with van der Waals surface area (Å²) in [6.45, 7) is 0. The van der Waals surface area contributed by atoms with Crippen molar-refractivity contribution in [1.29, 1.82) is 0 Å². The van der Waals surface area contributed by atoms with Crippen molar-refractivity contribution in [2.24, 2.45) is 0 Å². The molecule has 0 atom stereocenters. The maximum atomic E-state index is 9.90. The van der Waals surface area contributed by atoms with Crippen molar-refractivity contribution in [2.75, 3.05) is 0 Å². The van der Waals surface area contributed by atoms with Gasteiger partial charge in [0.05, 0.1) is 0 Å². The number of aliphatic carboxylic acids is 2. The van der Waals surface area contributed by atoms with E-state index in [0.29, 0.717) is 12.8 Å². The zero-order valence-electron chi connectivity index (χ0n) is 11.5. The van der Waals surface area contributed by atoms with Crippen molar-refractivity contribution in [3.8, 4) is 0 Å². The van der Waals surface area contributed by atoms with Gasteiger partial charge < -0.3 is 14.5 Å². The summed E-state index contributed by atoms with van der Waals surface area (Å²) in [5.41, 5.74) is 0. The molecule has 0 saturated heterocycles. The van der Waals surface area contributed by atoms with E-state index in [1.54, 1.807) is 0 Å². The van der Waals surface area contributed by atoms with Crippen LogP contribution in [0.1, 0.15) is 30.0 Å². The fraction of sp³-hybridized carbons (Fsp3) is 0.667. The molecule has 0 aromatic heterocycles. The zero-order valence-corrected chi connectivity index (χ0v) is 8.54. The molecule has 0 heterocycles. The summed E-state index contributed by atoms with van der Waals surface area (Å²) in [4.78, 5) is 19.8. The van der Waals surface area contributed by atoms with E-state index in [4.69, 9.17) is 10.2 Å². The predicted octanol–water partition coefficient (Wildman–Crippen LogP) is -7.93. The van der Waals surface area contributed by atoms with E-state index in [2.05, 4.69) is 0 Å². The third kappa shape index (κ3) is 24.5. The quantitative estimate of drug-likeness (QED) is 0.317. The Bertz CT molecular complexity index is 135. The summed E-state index contributed by atoms with van der Waals surface area (Å²) < 4.78 is 0. The number of hydrogen-bond acceptors (Lipinski definition) is 2. The fourth-order valence-electron chi connectivity index (χ4n) is 0.552. The van der Waals surface area contributed by atoms with Crippen molar-refractivity contribution in [1.82, 2.24) is 0 Å². The second-order valence-electron chi connectivity index (χ2n) is 1.99. The Morgan fingerprint density at radius 2 is 1.08 bits per heavy atom. The summed E-state index contributed by atoms with van der Waals surface area (Å²) in [6, 6.07) is 0. The summed E-state index contributed by atoms with van der Waals surface area (Å²) in [7, 11) is 0. The average Bonchev–Trinajstić information content (AvgIpc) is 1.79. The first-order chi connectivity index (χ1) is 4.63. The minimum Gasteiger partial charge on any atom is -1.00 e. The van der Waals surface area contributed by atoms with E-state index < -0.39 is 11.9 Å². The molecule has 2 N–H and O–H groups in total. The Morgan fingerprint density at radius 1 is 0.846 bits per heavy atom. The Balaban J connectivity index is -0.0000000270. The molecular weight excluding hydrogens is 157 g/mol. The molecule has 0 aromatic carbocycles. The predicted molar refractivity (Wildman–Crippen MR) is 37.1 cm³/mol. The van der Waals surface area contributed by atoms with Crippen LogP contribution >= 0.6 is 0 Å². The molecular formula is C6H13Li3O4. The molecule has 0 fully saturated rings. The smallest absolute Gasteiger partial charge is 1.00 e. The average molecular weight is 170 g/mol. The van der Waals surface area contributed by atoms with Gasteiger partial charge in [0, 0.05) is 12.8 Å². The number of carboxylic acid groups (broad SMARTS) is 2. The molecule has 0 spiro atoms. The second kappa shape index (κ2) is 15.2. The van der Waals surface area contributed by atoms with Crippen LogP contribution in [-0.2, 0) is 9.59 Å². The normalized spacial score (nSPS) is 7.08. The van der Waals surface area contributed by atoms with Crippen LogP contribution in [0.25, 0.3) is 0 Å². The van der Waals surface area contributed by atoms with Crippen molar-refractivity contribution in [3.63, 3.8) is 0 Å². The van der Waals surface area contributed by atoms with Crippen LogP contribution in [0.3, 0.4) is 0 Å². The summed E-state index contributed by atoms with van der Waals surface area (Å²) in [5.74, 6) is -1.74. The van der Waals surface area contributed by atoms with Crippen molar-refractivity contribution < 1.29 is 80.7 Å². The molecule has 0 radical (unpaired) electrons. The van der Waals surface area contributed by atoms with Gasteiger partial charge in [-0.2, -0.15) is 0 Å². The number of carbonyl (C=O) groups is 2. The van der Waals surface area contributed by atoms with Gasteiger partial charge in [0.2, 0.25) is 0 Å². The minimum absolute atomic E-state index is 0. The van der Waals surface area contributed by atoms with Gasteiger partial charge in [-0.15, -0.1) is 0 Å². The van der Waals surface area contributed by atoms with Gasteiger partial charge in [0.25, 0.3) is 0 Å². The number of carboxylic acids is 2. The van der Waals surface area contributed by atoms with Crippen LogP contribution in [-0.4, -0.2) is 22.2 Å².